The molecule has 0 bridgehead atoms. The fourth-order valence-corrected chi connectivity index (χ4v) is 1.78. The molecule has 2 aromatic rings. The molecular weight excluding hydrogens is 228 g/mol. The van der Waals surface area contributed by atoms with Crippen LogP contribution in [0.2, 0.25) is 0 Å². The molecule has 3 N–H and O–H groups in total. The van der Waals surface area contributed by atoms with Crippen LogP contribution in [0.5, 0.6) is 0 Å². The van der Waals surface area contributed by atoms with E-state index >= 15 is 0 Å². The zero-order chi connectivity index (χ0) is 11.5. The van der Waals surface area contributed by atoms with Gasteiger partial charge >= 0.3 is 0 Å². The Hall–Kier alpha value is -2.15. The molecule has 82 valence electrons. The van der Waals surface area contributed by atoms with E-state index in [4.69, 9.17) is 5.73 Å². The molecule has 0 spiro atoms. The van der Waals surface area contributed by atoms with Crippen LogP contribution in [-0.4, -0.2) is 9.91 Å². The molecule has 2 heterocycles. The molecule has 0 saturated heterocycles. The molecule has 6 nitrogen and oxygen atoms in total. The number of hydrogen-bond donors (Lipinski definition) is 2. The lowest BCUT2D eigenvalue weighted by molar-refractivity contribution is -0.384. The lowest BCUT2D eigenvalue weighted by Crippen LogP contribution is -1.99. The summed E-state index contributed by atoms with van der Waals surface area (Å²) in [4.78, 5) is 14.1. The molecule has 2 rings (SSSR count). The predicted octanol–water partition coefficient (Wildman–Crippen LogP) is 2.38. The number of nitrogens with zero attached hydrogens (tertiary/aromatic N) is 2. The van der Waals surface area contributed by atoms with Crippen molar-refractivity contribution >= 4 is 34.3 Å². The largest absolute Gasteiger partial charge is 0.383 e. The van der Waals surface area contributed by atoms with Gasteiger partial charge in [-0.2, -0.15) is 11.3 Å². The third-order valence-corrected chi connectivity index (χ3v) is 2.52. The van der Waals surface area contributed by atoms with Gasteiger partial charge in [0.1, 0.15) is 11.6 Å². The third-order valence-electron chi connectivity index (χ3n) is 1.83. The van der Waals surface area contributed by atoms with Gasteiger partial charge in [0, 0.05) is 5.38 Å². The standard InChI is InChI=1S/C9H8N4O2S/c10-8-3-7(13(14)15)4-9(12-8)11-6-1-2-16-5-6/h1-5H,(H3,10,11,12). The Balaban J connectivity index is 2.31. The summed E-state index contributed by atoms with van der Waals surface area (Å²) in [5.41, 5.74) is 6.23. The molecule has 0 aliphatic rings. The first-order valence-electron chi connectivity index (χ1n) is 4.36. The van der Waals surface area contributed by atoms with Crippen LogP contribution in [0.4, 0.5) is 23.0 Å². The highest BCUT2D eigenvalue weighted by molar-refractivity contribution is 7.08. The Morgan fingerprint density at radius 2 is 2.31 bits per heavy atom. The summed E-state index contributed by atoms with van der Waals surface area (Å²) >= 11 is 1.52. The number of nitro groups is 1. The Morgan fingerprint density at radius 3 is 2.94 bits per heavy atom. The normalized spacial score (nSPS) is 10.0. The van der Waals surface area contributed by atoms with Gasteiger partial charge in [0.15, 0.2) is 0 Å². The Morgan fingerprint density at radius 1 is 1.50 bits per heavy atom. The minimum Gasteiger partial charge on any atom is -0.383 e. The average Bonchev–Trinajstić information content (AvgIpc) is 2.69. The van der Waals surface area contributed by atoms with Gasteiger partial charge < -0.3 is 11.1 Å². The molecule has 0 aliphatic heterocycles. The van der Waals surface area contributed by atoms with E-state index in [1.165, 1.54) is 23.5 Å². The second kappa shape index (κ2) is 4.15. The Labute approximate surface area is 94.9 Å². The molecule has 0 unspecified atom stereocenters. The summed E-state index contributed by atoms with van der Waals surface area (Å²) in [7, 11) is 0. The number of nitrogen functional groups attached to an aromatic ring is 1. The quantitative estimate of drug-likeness (QED) is 0.630. The molecule has 0 fully saturated rings. The van der Waals surface area contributed by atoms with Crippen molar-refractivity contribution < 1.29 is 4.92 Å². The van der Waals surface area contributed by atoms with Gasteiger partial charge in [0.05, 0.1) is 22.7 Å². The summed E-state index contributed by atoms with van der Waals surface area (Å²) in [6, 6.07) is 4.41. The first kappa shape index (κ1) is 10.4. The number of rotatable bonds is 3. The summed E-state index contributed by atoms with van der Waals surface area (Å²) < 4.78 is 0. The maximum Gasteiger partial charge on any atom is 0.276 e. The minimum atomic E-state index is -0.503. The lowest BCUT2D eigenvalue weighted by atomic mass is 10.3. The fraction of sp³-hybridized carbons (Fsp3) is 0. The molecular formula is C9H8N4O2S. The van der Waals surface area contributed by atoms with E-state index in [9.17, 15) is 10.1 Å². The summed E-state index contributed by atoms with van der Waals surface area (Å²) in [6.07, 6.45) is 0. The molecule has 0 saturated carbocycles. The SMILES string of the molecule is Nc1cc([N+](=O)[O-])cc(Nc2ccsc2)n1. The highest BCUT2D eigenvalue weighted by Gasteiger charge is 2.09. The molecule has 7 heteroatoms. The second-order valence-electron chi connectivity index (χ2n) is 3.03. The fourth-order valence-electron chi connectivity index (χ4n) is 1.19. The Bertz CT molecular complexity index is 512. The Kier molecular flexibility index (Phi) is 2.69. The lowest BCUT2D eigenvalue weighted by Gasteiger charge is -2.03. The van der Waals surface area contributed by atoms with Crippen molar-refractivity contribution in [3.63, 3.8) is 0 Å². The van der Waals surface area contributed by atoms with Crippen molar-refractivity contribution in [3.8, 4) is 0 Å². The van der Waals surface area contributed by atoms with Crippen molar-refractivity contribution in [1.82, 2.24) is 4.98 Å². The van der Waals surface area contributed by atoms with Crippen LogP contribution >= 0.6 is 11.3 Å². The van der Waals surface area contributed by atoms with E-state index in [1.54, 1.807) is 0 Å². The number of nitrogens with two attached hydrogens (primary N) is 1. The van der Waals surface area contributed by atoms with Crippen LogP contribution in [0.1, 0.15) is 0 Å². The number of aromatic nitrogens is 1. The van der Waals surface area contributed by atoms with Crippen molar-refractivity contribution in [2.45, 2.75) is 0 Å². The molecule has 0 aliphatic carbocycles. The van der Waals surface area contributed by atoms with E-state index in [2.05, 4.69) is 10.3 Å². The number of hydrogen-bond acceptors (Lipinski definition) is 6. The maximum absolute atomic E-state index is 10.6. The van der Waals surface area contributed by atoms with Gasteiger partial charge in [0.25, 0.3) is 5.69 Å². The van der Waals surface area contributed by atoms with Crippen molar-refractivity contribution in [1.29, 1.82) is 0 Å². The van der Waals surface area contributed by atoms with Gasteiger partial charge in [-0.05, 0) is 11.4 Å². The molecule has 0 atom stereocenters. The van der Waals surface area contributed by atoms with E-state index < -0.39 is 4.92 Å². The topological polar surface area (TPSA) is 94.1 Å². The van der Waals surface area contributed by atoms with E-state index in [0.717, 1.165) is 5.69 Å². The number of anilines is 3. The van der Waals surface area contributed by atoms with E-state index in [1.807, 2.05) is 16.8 Å². The highest BCUT2D eigenvalue weighted by Crippen LogP contribution is 2.23. The highest BCUT2D eigenvalue weighted by atomic mass is 32.1. The molecule has 16 heavy (non-hydrogen) atoms. The van der Waals surface area contributed by atoms with Crippen LogP contribution in [0.3, 0.4) is 0 Å². The molecule has 2 aromatic heterocycles. The summed E-state index contributed by atoms with van der Waals surface area (Å²) in [5.74, 6) is 0.483. The van der Waals surface area contributed by atoms with Crippen molar-refractivity contribution in [3.05, 3.63) is 39.1 Å². The van der Waals surface area contributed by atoms with Crippen LogP contribution in [0.15, 0.2) is 29.0 Å². The number of thiophene rings is 1. The van der Waals surface area contributed by atoms with Gasteiger partial charge in [-0.3, -0.25) is 10.1 Å². The smallest absolute Gasteiger partial charge is 0.276 e. The zero-order valence-electron chi connectivity index (χ0n) is 8.08. The number of nitrogens with one attached hydrogen (secondary N) is 1. The number of pyridine rings is 1. The first-order chi connectivity index (χ1) is 7.65. The summed E-state index contributed by atoms with van der Waals surface area (Å²) in [6.45, 7) is 0. The van der Waals surface area contributed by atoms with Gasteiger partial charge in [-0.15, -0.1) is 0 Å². The third kappa shape index (κ3) is 2.26. The van der Waals surface area contributed by atoms with Crippen LogP contribution in [0.25, 0.3) is 0 Å². The molecule has 0 radical (unpaired) electrons. The summed E-state index contributed by atoms with van der Waals surface area (Å²) in [5, 5.41) is 17.3. The van der Waals surface area contributed by atoms with E-state index in [-0.39, 0.29) is 11.5 Å². The van der Waals surface area contributed by atoms with Crippen LogP contribution in [0, 0.1) is 10.1 Å². The van der Waals surface area contributed by atoms with Gasteiger partial charge in [-0.1, -0.05) is 0 Å². The van der Waals surface area contributed by atoms with Crippen molar-refractivity contribution in [2.75, 3.05) is 11.1 Å². The second-order valence-corrected chi connectivity index (χ2v) is 3.81. The van der Waals surface area contributed by atoms with Crippen LogP contribution < -0.4 is 11.1 Å². The maximum atomic E-state index is 10.6. The molecule has 0 amide bonds. The monoisotopic (exact) mass is 236 g/mol. The zero-order valence-corrected chi connectivity index (χ0v) is 8.90. The molecule has 0 aromatic carbocycles. The van der Waals surface area contributed by atoms with Gasteiger partial charge in [0.2, 0.25) is 0 Å². The first-order valence-corrected chi connectivity index (χ1v) is 5.30. The van der Waals surface area contributed by atoms with Crippen LogP contribution in [-0.2, 0) is 0 Å². The predicted molar refractivity (Wildman–Crippen MR) is 62.9 cm³/mol. The van der Waals surface area contributed by atoms with Gasteiger partial charge in [-0.25, -0.2) is 4.98 Å². The minimum absolute atomic E-state index is 0.0785. The average molecular weight is 236 g/mol. The van der Waals surface area contributed by atoms with Crippen molar-refractivity contribution in [2.24, 2.45) is 0 Å². The van der Waals surface area contributed by atoms with E-state index in [0.29, 0.717) is 5.82 Å².